The highest BCUT2D eigenvalue weighted by atomic mass is 32.2. The van der Waals surface area contributed by atoms with Crippen molar-refractivity contribution in [1.29, 1.82) is 0 Å². The van der Waals surface area contributed by atoms with Crippen molar-refractivity contribution in [2.75, 3.05) is 54.2 Å². The predicted molar refractivity (Wildman–Crippen MR) is 133 cm³/mol. The van der Waals surface area contributed by atoms with Gasteiger partial charge in [0.25, 0.3) is 0 Å². The number of benzene rings is 2. The van der Waals surface area contributed by atoms with Gasteiger partial charge in [0.15, 0.2) is 0 Å². The van der Waals surface area contributed by atoms with Gasteiger partial charge in [-0.15, -0.1) is 0 Å². The van der Waals surface area contributed by atoms with Crippen LogP contribution in [0.1, 0.15) is 36.0 Å². The average Bonchev–Trinajstić information content (AvgIpc) is 3.15. The van der Waals surface area contributed by atoms with Crippen LogP contribution >= 0.6 is 0 Å². The lowest BCUT2D eigenvalue weighted by molar-refractivity contribution is -0.120. The van der Waals surface area contributed by atoms with E-state index < -0.39 is 11.0 Å². The number of rotatable bonds is 4. The second-order valence-corrected chi connectivity index (χ2v) is 11.4. The molecule has 2 bridgehead atoms. The van der Waals surface area contributed by atoms with Crippen LogP contribution in [0.5, 0.6) is 0 Å². The largest absolute Gasteiger partial charge is 0.308 e. The first-order valence-corrected chi connectivity index (χ1v) is 13.5. The van der Waals surface area contributed by atoms with Gasteiger partial charge in [-0.3, -0.25) is 18.9 Å². The molecule has 0 spiro atoms. The summed E-state index contributed by atoms with van der Waals surface area (Å²) < 4.78 is 14.5. The lowest BCUT2D eigenvalue weighted by Crippen LogP contribution is -2.50. The van der Waals surface area contributed by atoms with Gasteiger partial charge in [0.05, 0.1) is 18.0 Å². The third-order valence-corrected chi connectivity index (χ3v) is 9.32. The topological polar surface area (TPSA) is 47.1 Å². The van der Waals surface area contributed by atoms with E-state index in [4.69, 9.17) is 0 Å². The fourth-order valence-corrected chi connectivity index (χ4v) is 7.56. The Labute approximate surface area is 198 Å². The summed E-state index contributed by atoms with van der Waals surface area (Å²) in [5, 5.41) is 0. The number of anilines is 2. The lowest BCUT2D eigenvalue weighted by atomic mass is 9.90. The maximum Gasteiger partial charge on any atom is 0.241 e. The van der Waals surface area contributed by atoms with Crippen LogP contribution in [-0.4, -0.2) is 71.0 Å². The fourth-order valence-electron chi connectivity index (χ4n) is 6.00. The quantitative estimate of drug-likeness (QED) is 0.698. The third-order valence-electron chi connectivity index (χ3n) is 7.76. The Morgan fingerprint density at radius 1 is 1.00 bits per heavy atom. The minimum atomic E-state index is -0.891. The molecular formula is C26H32N4O2S. The van der Waals surface area contributed by atoms with Gasteiger partial charge >= 0.3 is 0 Å². The highest BCUT2D eigenvalue weighted by Gasteiger charge is 2.40. The highest BCUT2D eigenvalue weighted by molar-refractivity contribution is 7.86. The maximum atomic E-state index is 13.5. The standard InChI is InChI=1S/C26H32N4O2S/c1-19-13-22-14-25-23(21-7-8-29(25)33(32)18-21)15-24(22)30(19)26(31)17-28-11-9-27(10-12-28)16-20-5-3-2-4-6-20/h2-6,14-15,19,21H,7-13,16-18H2,1H3. The second-order valence-electron chi connectivity index (χ2n) is 9.97. The summed E-state index contributed by atoms with van der Waals surface area (Å²) in [6.45, 7) is 8.36. The Hall–Kier alpha value is -2.22. The summed E-state index contributed by atoms with van der Waals surface area (Å²) in [6, 6.07) is 15.3. The van der Waals surface area contributed by atoms with Crippen LogP contribution in [0.4, 0.5) is 11.4 Å². The van der Waals surface area contributed by atoms with E-state index >= 15 is 0 Å². The van der Waals surface area contributed by atoms with Gasteiger partial charge < -0.3 is 4.90 Å². The molecule has 0 aliphatic carbocycles. The van der Waals surface area contributed by atoms with E-state index in [0.29, 0.717) is 12.5 Å². The number of amides is 1. The zero-order chi connectivity index (χ0) is 22.5. The van der Waals surface area contributed by atoms with E-state index in [9.17, 15) is 9.00 Å². The van der Waals surface area contributed by atoms with E-state index in [1.165, 1.54) is 16.7 Å². The van der Waals surface area contributed by atoms with Crippen LogP contribution in [-0.2, 0) is 28.7 Å². The van der Waals surface area contributed by atoms with Crippen molar-refractivity contribution in [2.24, 2.45) is 0 Å². The summed E-state index contributed by atoms with van der Waals surface area (Å²) in [7, 11) is -0.891. The molecule has 5 heterocycles. The number of nitrogens with zero attached hydrogens (tertiary/aromatic N) is 4. The molecule has 7 rings (SSSR count). The number of piperazine rings is 1. The molecule has 174 valence electrons. The van der Waals surface area contributed by atoms with Gasteiger partial charge in [-0.05, 0) is 48.6 Å². The Bertz CT molecular complexity index is 1080. The molecule has 1 amide bonds. The first-order valence-electron chi connectivity index (χ1n) is 12.2. The number of carbonyl (C=O) groups is 1. The molecule has 6 nitrogen and oxygen atoms in total. The van der Waals surface area contributed by atoms with Gasteiger partial charge in [0, 0.05) is 56.9 Å². The molecule has 5 aliphatic rings. The van der Waals surface area contributed by atoms with Crippen LogP contribution in [0.3, 0.4) is 0 Å². The summed E-state index contributed by atoms with van der Waals surface area (Å²) in [6.07, 6.45) is 1.94. The summed E-state index contributed by atoms with van der Waals surface area (Å²) in [4.78, 5) is 20.3. The van der Waals surface area contributed by atoms with E-state index in [0.717, 1.165) is 69.2 Å². The number of carbonyl (C=O) groups excluding carboxylic acids is 1. The predicted octanol–water partition coefficient (Wildman–Crippen LogP) is 2.75. The number of hydrogen-bond acceptors (Lipinski definition) is 4. The van der Waals surface area contributed by atoms with Crippen LogP contribution in [0.2, 0.25) is 0 Å². The molecule has 5 aliphatic heterocycles. The lowest BCUT2D eigenvalue weighted by Gasteiger charge is -2.41. The van der Waals surface area contributed by atoms with Crippen molar-refractivity contribution in [3.63, 3.8) is 0 Å². The van der Waals surface area contributed by atoms with Crippen molar-refractivity contribution >= 4 is 28.3 Å². The number of fused-ring (bicyclic) bond motifs is 3. The molecule has 3 atom stereocenters. The fraction of sp³-hybridized carbons (Fsp3) is 0.500. The monoisotopic (exact) mass is 464 g/mol. The Kier molecular flexibility index (Phi) is 5.51. The van der Waals surface area contributed by atoms with Crippen molar-refractivity contribution in [3.05, 3.63) is 59.2 Å². The van der Waals surface area contributed by atoms with E-state index in [-0.39, 0.29) is 11.9 Å². The van der Waals surface area contributed by atoms with Gasteiger partial charge in [-0.25, -0.2) is 4.21 Å². The van der Waals surface area contributed by atoms with Crippen molar-refractivity contribution < 1.29 is 9.00 Å². The van der Waals surface area contributed by atoms with Crippen molar-refractivity contribution in [1.82, 2.24) is 9.80 Å². The van der Waals surface area contributed by atoms with E-state index in [2.05, 4.69) is 63.5 Å². The first kappa shape index (κ1) is 21.3. The molecule has 3 unspecified atom stereocenters. The number of hydrogen-bond donors (Lipinski definition) is 0. The van der Waals surface area contributed by atoms with Crippen LogP contribution < -0.4 is 9.21 Å². The summed E-state index contributed by atoms with van der Waals surface area (Å²) in [5.74, 6) is 1.30. The minimum Gasteiger partial charge on any atom is -0.308 e. The maximum absolute atomic E-state index is 13.5. The molecule has 0 N–H and O–H groups in total. The average molecular weight is 465 g/mol. The van der Waals surface area contributed by atoms with Gasteiger partial charge in [0.2, 0.25) is 5.91 Å². The first-order chi connectivity index (χ1) is 16.1. The zero-order valence-corrected chi connectivity index (χ0v) is 20.1. The second kappa shape index (κ2) is 8.53. The summed E-state index contributed by atoms with van der Waals surface area (Å²) >= 11 is 0. The molecule has 0 aromatic heterocycles. The van der Waals surface area contributed by atoms with Crippen molar-refractivity contribution in [3.8, 4) is 0 Å². The molecule has 0 saturated carbocycles. The molecule has 2 aromatic rings. The van der Waals surface area contributed by atoms with Crippen LogP contribution in [0.15, 0.2) is 42.5 Å². The molecule has 2 fully saturated rings. The molecule has 0 radical (unpaired) electrons. The van der Waals surface area contributed by atoms with Crippen LogP contribution in [0.25, 0.3) is 0 Å². The van der Waals surface area contributed by atoms with Gasteiger partial charge in [-0.1, -0.05) is 30.3 Å². The highest BCUT2D eigenvalue weighted by Crippen LogP contribution is 2.46. The van der Waals surface area contributed by atoms with Gasteiger partial charge in [-0.2, -0.15) is 0 Å². The molecule has 2 saturated heterocycles. The molecule has 7 heteroatoms. The smallest absolute Gasteiger partial charge is 0.241 e. The summed E-state index contributed by atoms with van der Waals surface area (Å²) in [5.41, 5.74) is 6.11. The third kappa shape index (κ3) is 3.90. The Morgan fingerprint density at radius 3 is 2.52 bits per heavy atom. The SMILES string of the molecule is CC1Cc2cc3c(cc2N1C(=O)CN1CCN(Cc2ccccc2)CC1)C1CCN3S(=O)C1. The van der Waals surface area contributed by atoms with Gasteiger partial charge in [0.1, 0.15) is 11.0 Å². The van der Waals surface area contributed by atoms with Crippen molar-refractivity contribution in [2.45, 2.75) is 38.3 Å². The van der Waals surface area contributed by atoms with E-state index in [1.807, 2.05) is 4.90 Å². The van der Waals surface area contributed by atoms with Crippen LogP contribution in [0, 0.1) is 0 Å². The van der Waals surface area contributed by atoms with E-state index in [1.54, 1.807) is 0 Å². The molecular weight excluding hydrogens is 432 g/mol. The Balaban J connectivity index is 1.13. The normalized spacial score (nSPS) is 27.0. The molecule has 33 heavy (non-hydrogen) atoms. The minimum absolute atomic E-state index is 0.175. The molecule has 2 aromatic carbocycles. The zero-order valence-electron chi connectivity index (χ0n) is 19.3. The Morgan fingerprint density at radius 2 is 1.76 bits per heavy atom.